The number of rotatable bonds is 12. The van der Waals surface area contributed by atoms with Crippen LogP contribution in [0.4, 0.5) is 5.69 Å². The van der Waals surface area contributed by atoms with Crippen LogP contribution in [0.1, 0.15) is 58.1 Å². The number of halogens is 1. The van der Waals surface area contributed by atoms with Gasteiger partial charge in [-0.1, -0.05) is 76.6 Å². The monoisotopic (exact) mass is 535 g/mol. The Balaban J connectivity index is 2.47. The van der Waals surface area contributed by atoms with E-state index in [9.17, 15) is 18.0 Å². The van der Waals surface area contributed by atoms with Gasteiger partial charge in [0.15, 0.2) is 0 Å². The summed E-state index contributed by atoms with van der Waals surface area (Å²) in [5.41, 5.74) is 2.07. The summed E-state index contributed by atoms with van der Waals surface area (Å²) in [6.45, 7) is 9.99. The first-order chi connectivity index (χ1) is 16.8. The number of benzene rings is 2. The second kappa shape index (κ2) is 13.1. The van der Waals surface area contributed by atoms with Crippen LogP contribution in [-0.4, -0.2) is 50.5 Å². The lowest BCUT2D eigenvalue weighted by atomic mass is 10.0. The molecule has 0 heterocycles. The van der Waals surface area contributed by atoms with E-state index in [2.05, 4.69) is 5.32 Å². The highest BCUT2D eigenvalue weighted by molar-refractivity contribution is 7.92. The fraction of sp³-hybridized carbons (Fsp3) is 0.481. The van der Waals surface area contributed by atoms with E-state index in [1.807, 2.05) is 46.8 Å². The molecule has 0 bridgehead atoms. The number of anilines is 1. The summed E-state index contributed by atoms with van der Waals surface area (Å²) < 4.78 is 26.9. The minimum Gasteiger partial charge on any atom is -0.354 e. The van der Waals surface area contributed by atoms with Crippen LogP contribution in [0.25, 0.3) is 0 Å². The molecule has 9 heteroatoms. The Labute approximate surface area is 220 Å². The number of hydrogen-bond donors (Lipinski definition) is 1. The molecule has 0 saturated carbocycles. The van der Waals surface area contributed by atoms with Gasteiger partial charge in [-0.15, -0.1) is 0 Å². The Kier molecular flexibility index (Phi) is 10.8. The molecule has 0 unspecified atom stereocenters. The second-order valence-electron chi connectivity index (χ2n) is 9.69. The third kappa shape index (κ3) is 8.23. The van der Waals surface area contributed by atoms with Gasteiger partial charge >= 0.3 is 0 Å². The van der Waals surface area contributed by atoms with Crippen molar-refractivity contribution in [3.8, 4) is 0 Å². The van der Waals surface area contributed by atoms with Crippen molar-refractivity contribution in [2.75, 3.05) is 23.7 Å². The number of sulfonamides is 1. The molecule has 0 saturated heterocycles. The summed E-state index contributed by atoms with van der Waals surface area (Å²) in [5.74, 6) is -0.418. The maximum absolute atomic E-state index is 13.8. The van der Waals surface area contributed by atoms with Gasteiger partial charge < -0.3 is 10.2 Å². The Bertz CT molecular complexity index is 1130. The van der Waals surface area contributed by atoms with Crippen LogP contribution in [0.15, 0.2) is 48.5 Å². The molecule has 1 atom stereocenters. The van der Waals surface area contributed by atoms with Gasteiger partial charge in [-0.05, 0) is 47.6 Å². The number of nitrogens with one attached hydrogen (secondary N) is 1. The summed E-state index contributed by atoms with van der Waals surface area (Å²) in [5, 5.41) is 3.48. The van der Waals surface area contributed by atoms with E-state index in [1.165, 1.54) is 4.90 Å². The average Bonchev–Trinajstić information content (AvgIpc) is 2.81. The number of carbonyl (C=O) groups is 2. The highest BCUT2D eigenvalue weighted by Crippen LogP contribution is 2.29. The van der Waals surface area contributed by atoms with E-state index in [-0.39, 0.29) is 24.3 Å². The van der Waals surface area contributed by atoms with Crippen LogP contribution in [0.2, 0.25) is 5.02 Å². The standard InChI is InChI=1S/C27H38ClN3O4S/c1-7-24(27(33)29-16-19(2)3)30(17-21-12-14-22(28)15-13-21)26(32)18-31(36(6,34)35)25-11-9-8-10-23(25)20(4)5/h8-15,19-20,24H,7,16-18H2,1-6H3,(H,29,33)/t24-/m0/s1. The Morgan fingerprint density at radius 3 is 2.14 bits per heavy atom. The maximum Gasteiger partial charge on any atom is 0.244 e. The van der Waals surface area contributed by atoms with Crippen molar-refractivity contribution in [3.05, 3.63) is 64.7 Å². The molecule has 1 N–H and O–H groups in total. The zero-order chi connectivity index (χ0) is 27.0. The normalized spacial score (nSPS) is 12.5. The molecule has 36 heavy (non-hydrogen) atoms. The van der Waals surface area contributed by atoms with E-state index in [4.69, 9.17) is 11.6 Å². The minimum atomic E-state index is -3.79. The van der Waals surface area contributed by atoms with Gasteiger partial charge in [0.25, 0.3) is 0 Å². The van der Waals surface area contributed by atoms with Crippen molar-refractivity contribution in [1.82, 2.24) is 10.2 Å². The molecule has 2 rings (SSSR count). The van der Waals surface area contributed by atoms with Gasteiger partial charge in [0.1, 0.15) is 12.6 Å². The molecule has 0 aliphatic carbocycles. The molecule has 2 aromatic carbocycles. The maximum atomic E-state index is 13.8. The van der Waals surface area contributed by atoms with Gasteiger partial charge in [-0.25, -0.2) is 8.42 Å². The number of carbonyl (C=O) groups excluding carboxylic acids is 2. The molecule has 2 amide bonds. The topological polar surface area (TPSA) is 86.8 Å². The number of hydrogen-bond acceptors (Lipinski definition) is 4. The molecule has 198 valence electrons. The minimum absolute atomic E-state index is 0.0518. The molecular weight excluding hydrogens is 498 g/mol. The average molecular weight is 536 g/mol. The van der Waals surface area contributed by atoms with Crippen molar-refractivity contribution in [3.63, 3.8) is 0 Å². The van der Waals surface area contributed by atoms with Crippen molar-refractivity contribution >= 4 is 39.1 Å². The molecule has 2 aromatic rings. The van der Waals surface area contributed by atoms with Gasteiger partial charge in [-0.2, -0.15) is 0 Å². The zero-order valence-electron chi connectivity index (χ0n) is 22.0. The van der Waals surface area contributed by atoms with Gasteiger partial charge in [-0.3, -0.25) is 13.9 Å². The van der Waals surface area contributed by atoms with E-state index in [1.54, 1.807) is 36.4 Å². The Morgan fingerprint density at radius 1 is 1.00 bits per heavy atom. The summed E-state index contributed by atoms with van der Waals surface area (Å²) in [6, 6.07) is 13.5. The van der Waals surface area contributed by atoms with Gasteiger partial charge in [0, 0.05) is 18.1 Å². The van der Waals surface area contributed by atoms with Crippen molar-refractivity contribution in [2.24, 2.45) is 5.92 Å². The van der Waals surface area contributed by atoms with E-state index in [0.29, 0.717) is 23.7 Å². The summed E-state index contributed by atoms with van der Waals surface area (Å²) in [7, 11) is -3.79. The smallest absolute Gasteiger partial charge is 0.244 e. The third-order valence-corrected chi connectivity index (χ3v) is 7.22. The SMILES string of the molecule is CC[C@@H](C(=O)NCC(C)C)N(Cc1ccc(Cl)cc1)C(=O)CN(c1ccccc1C(C)C)S(C)(=O)=O. The van der Waals surface area contributed by atoms with Crippen molar-refractivity contribution < 1.29 is 18.0 Å². The predicted molar refractivity (Wildman–Crippen MR) is 147 cm³/mol. The van der Waals surface area contributed by atoms with Crippen LogP contribution < -0.4 is 9.62 Å². The lowest BCUT2D eigenvalue weighted by molar-refractivity contribution is -0.140. The number of para-hydroxylation sites is 1. The molecule has 0 aliphatic heterocycles. The first kappa shape index (κ1) is 29.6. The first-order valence-electron chi connectivity index (χ1n) is 12.2. The van der Waals surface area contributed by atoms with E-state index < -0.39 is 28.5 Å². The van der Waals surface area contributed by atoms with E-state index in [0.717, 1.165) is 21.7 Å². The van der Waals surface area contributed by atoms with E-state index >= 15 is 0 Å². The Hall–Kier alpha value is -2.58. The van der Waals surface area contributed by atoms with Gasteiger partial charge in [0.05, 0.1) is 11.9 Å². The zero-order valence-corrected chi connectivity index (χ0v) is 23.6. The highest BCUT2D eigenvalue weighted by Gasteiger charge is 2.32. The van der Waals surface area contributed by atoms with Crippen molar-refractivity contribution in [2.45, 2.75) is 59.5 Å². The summed E-state index contributed by atoms with van der Waals surface area (Å²) >= 11 is 6.03. The lowest BCUT2D eigenvalue weighted by Gasteiger charge is -2.33. The molecule has 0 fully saturated rings. The molecule has 7 nitrogen and oxygen atoms in total. The fourth-order valence-corrected chi connectivity index (χ4v) is 4.92. The summed E-state index contributed by atoms with van der Waals surface area (Å²) in [6.07, 6.45) is 1.47. The fourth-order valence-electron chi connectivity index (χ4n) is 3.93. The van der Waals surface area contributed by atoms with Gasteiger partial charge in [0.2, 0.25) is 21.8 Å². The number of amides is 2. The number of nitrogens with zero attached hydrogens (tertiary/aromatic N) is 2. The first-order valence-corrected chi connectivity index (χ1v) is 14.5. The van der Waals surface area contributed by atoms with Crippen LogP contribution >= 0.6 is 11.6 Å². The molecule has 0 spiro atoms. The third-order valence-electron chi connectivity index (χ3n) is 5.84. The molecule has 0 aliphatic rings. The highest BCUT2D eigenvalue weighted by atomic mass is 35.5. The second-order valence-corrected chi connectivity index (χ2v) is 12.0. The molecule has 0 aromatic heterocycles. The molecular formula is C27H38ClN3O4S. The van der Waals surface area contributed by atoms with Crippen molar-refractivity contribution in [1.29, 1.82) is 0 Å². The molecule has 0 radical (unpaired) electrons. The lowest BCUT2D eigenvalue weighted by Crippen LogP contribution is -2.52. The van der Waals surface area contributed by atoms with Crippen LogP contribution in [-0.2, 0) is 26.2 Å². The van der Waals surface area contributed by atoms with Crippen LogP contribution in [0, 0.1) is 5.92 Å². The predicted octanol–water partition coefficient (Wildman–Crippen LogP) is 4.81. The Morgan fingerprint density at radius 2 is 1.61 bits per heavy atom. The largest absolute Gasteiger partial charge is 0.354 e. The summed E-state index contributed by atoms with van der Waals surface area (Å²) in [4.78, 5) is 28.4. The van der Waals surface area contributed by atoms with Crippen LogP contribution in [0.5, 0.6) is 0 Å². The van der Waals surface area contributed by atoms with Crippen LogP contribution in [0.3, 0.4) is 0 Å². The quantitative estimate of drug-likeness (QED) is 0.422.